The molecule has 0 saturated carbocycles. The molecule has 138 valence electrons. The van der Waals surface area contributed by atoms with E-state index in [-0.39, 0.29) is 30.2 Å². The van der Waals surface area contributed by atoms with Crippen molar-refractivity contribution >= 4 is 17.5 Å². The molecule has 0 aliphatic heterocycles. The Morgan fingerprint density at radius 1 is 1.04 bits per heavy atom. The first-order valence-electron chi connectivity index (χ1n) is 8.54. The molecule has 0 atom stereocenters. The molecule has 2 aromatic carbocycles. The first kappa shape index (κ1) is 19.4. The number of hydrogen-bond acceptors (Lipinski definition) is 3. The van der Waals surface area contributed by atoms with Crippen molar-refractivity contribution in [1.82, 2.24) is 5.32 Å². The molecule has 0 saturated heterocycles. The molecule has 0 bridgehead atoms. The number of nitrogens with one attached hydrogen (secondary N) is 2. The van der Waals surface area contributed by atoms with Crippen molar-refractivity contribution < 1.29 is 18.7 Å². The van der Waals surface area contributed by atoms with E-state index in [0.29, 0.717) is 24.2 Å². The van der Waals surface area contributed by atoms with Crippen LogP contribution in [0.3, 0.4) is 0 Å². The van der Waals surface area contributed by atoms with E-state index >= 15 is 0 Å². The van der Waals surface area contributed by atoms with E-state index in [1.807, 2.05) is 13.8 Å². The SMILES string of the molecule is CC(C)Oc1ccc(NC(=O)CCCNC(=O)c2ccc(F)cc2)cc1. The number of carbonyl (C=O) groups excluding carboxylic acids is 2. The van der Waals surface area contributed by atoms with E-state index in [2.05, 4.69) is 10.6 Å². The molecular weight excluding hydrogens is 335 g/mol. The van der Waals surface area contributed by atoms with Gasteiger partial charge in [0.05, 0.1) is 6.10 Å². The Balaban J connectivity index is 1.68. The van der Waals surface area contributed by atoms with Gasteiger partial charge in [-0.1, -0.05) is 0 Å². The van der Waals surface area contributed by atoms with Gasteiger partial charge < -0.3 is 15.4 Å². The van der Waals surface area contributed by atoms with Crippen LogP contribution in [0.1, 0.15) is 37.0 Å². The van der Waals surface area contributed by atoms with Crippen LogP contribution >= 0.6 is 0 Å². The number of carbonyl (C=O) groups is 2. The number of benzene rings is 2. The highest BCUT2D eigenvalue weighted by atomic mass is 19.1. The van der Waals surface area contributed by atoms with Gasteiger partial charge >= 0.3 is 0 Å². The maximum atomic E-state index is 12.8. The van der Waals surface area contributed by atoms with Crippen LogP contribution in [-0.4, -0.2) is 24.5 Å². The largest absolute Gasteiger partial charge is 0.491 e. The van der Waals surface area contributed by atoms with Gasteiger partial charge in [0.1, 0.15) is 11.6 Å². The van der Waals surface area contributed by atoms with E-state index in [1.165, 1.54) is 24.3 Å². The van der Waals surface area contributed by atoms with Crippen molar-refractivity contribution in [2.45, 2.75) is 32.8 Å². The van der Waals surface area contributed by atoms with E-state index in [1.54, 1.807) is 24.3 Å². The summed E-state index contributed by atoms with van der Waals surface area (Å²) in [7, 11) is 0. The molecule has 0 aliphatic rings. The molecule has 5 nitrogen and oxygen atoms in total. The molecule has 6 heteroatoms. The summed E-state index contributed by atoms with van der Waals surface area (Å²) in [6, 6.07) is 12.5. The molecule has 0 unspecified atom stereocenters. The Labute approximate surface area is 152 Å². The minimum Gasteiger partial charge on any atom is -0.491 e. The summed E-state index contributed by atoms with van der Waals surface area (Å²) in [5.41, 5.74) is 1.08. The van der Waals surface area contributed by atoms with E-state index in [9.17, 15) is 14.0 Å². The molecular formula is C20H23FN2O3. The second kappa shape index (κ2) is 9.56. The van der Waals surface area contributed by atoms with Gasteiger partial charge in [-0.25, -0.2) is 4.39 Å². The Morgan fingerprint density at radius 3 is 2.31 bits per heavy atom. The zero-order chi connectivity index (χ0) is 18.9. The van der Waals surface area contributed by atoms with Gasteiger partial charge in [0.15, 0.2) is 0 Å². The fraction of sp³-hybridized carbons (Fsp3) is 0.300. The third-order valence-corrected chi connectivity index (χ3v) is 3.48. The van der Waals surface area contributed by atoms with E-state index in [0.717, 1.165) is 5.75 Å². The first-order valence-corrected chi connectivity index (χ1v) is 8.54. The van der Waals surface area contributed by atoms with Crippen molar-refractivity contribution in [2.24, 2.45) is 0 Å². The Morgan fingerprint density at radius 2 is 1.69 bits per heavy atom. The van der Waals surface area contributed by atoms with Gasteiger partial charge in [-0.05, 0) is 68.8 Å². The molecule has 2 rings (SSSR count). The van der Waals surface area contributed by atoms with Crippen LogP contribution in [0, 0.1) is 5.82 Å². The van der Waals surface area contributed by atoms with Crippen molar-refractivity contribution in [3.05, 3.63) is 59.9 Å². The van der Waals surface area contributed by atoms with Gasteiger partial charge in [0, 0.05) is 24.2 Å². The summed E-state index contributed by atoms with van der Waals surface area (Å²) in [6.07, 6.45) is 0.891. The fourth-order valence-corrected chi connectivity index (χ4v) is 2.27. The van der Waals surface area contributed by atoms with Crippen LogP contribution < -0.4 is 15.4 Å². The fourth-order valence-electron chi connectivity index (χ4n) is 2.27. The molecule has 0 spiro atoms. The minimum atomic E-state index is -0.387. The monoisotopic (exact) mass is 358 g/mol. The van der Waals surface area contributed by atoms with Gasteiger partial charge in [0.2, 0.25) is 5.91 Å². The van der Waals surface area contributed by atoms with Crippen LogP contribution in [0.5, 0.6) is 5.75 Å². The standard InChI is InChI=1S/C20H23FN2O3/c1-14(2)26-18-11-9-17(10-12-18)23-19(24)4-3-13-22-20(25)15-5-7-16(21)8-6-15/h5-12,14H,3-4,13H2,1-2H3,(H,22,25)(H,23,24). The minimum absolute atomic E-state index is 0.0977. The van der Waals surface area contributed by atoms with Gasteiger partial charge in [-0.3, -0.25) is 9.59 Å². The van der Waals surface area contributed by atoms with Gasteiger partial charge in [-0.2, -0.15) is 0 Å². The smallest absolute Gasteiger partial charge is 0.251 e. The van der Waals surface area contributed by atoms with E-state index < -0.39 is 0 Å². The normalized spacial score (nSPS) is 10.5. The molecule has 2 N–H and O–H groups in total. The molecule has 26 heavy (non-hydrogen) atoms. The van der Waals surface area contributed by atoms with Crippen molar-refractivity contribution in [1.29, 1.82) is 0 Å². The summed E-state index contributed by atoms with van der Waals surface area (Å²) in [6.45, 7) is 4.26. The average molecular weight is 358 g/mol. The topological polar surface area (TPSA) is 67.4 Å². The summed E-state index contributed by atoms with van der Waals surface area (Å²) < 4.78 is 18.4. The highest BCUT2D eigenvalue weighted by Crippen LogP contribution is 2.17. The number of amides is 2. The second-order valence-corrected chi connectivity index (χ2v) is 6.11. The Kier molecular flexibility index (Phi) is 7.14. The number of rotatable bonds is 8. The number of halogens is 1. The molecule has 0 aliphatic carbocycles. The number of ether oxygens (including phenoxy) is 1. The lowest BCUT2D eigenvalue weighted by Crippen LogP contribution is -2.25. The van der Waals surface area contributed by atoms with Crippen molar-refractivity contribution in [3.8, 4) is 5.75 Å². The van der Waals surface area contributed by atoms with Gasteiger partial charge in [0.25, 0.3) is 5.91 Å². The Hall–Kier alpha value is -2.89. The molecule has 2 amide bonds. The Bertz CT molecular complexity index is 728. The second-order valence-electron chi connectivity index (χ2n) is 6.11. The maximum absolute atomic E-state index is 12.8. The third-order valence-electron chi connectivity index (χ3n) is 3.48. The molecule has 2 aromatic rings. The zero-order valence-corrected chi connectivity index (χ0v) is 14.9. The maximum Gasteiger partial charge on any atom is 0.251 e. The van der Waals surface area contributed by atoms with Crippen molar-refractivity contribution in [3.63, 3.8) is 0 Å². The first-order chi connectivity index (χ1) is 12.4. The van der Waals surface area contributed by atoms with Crippen LogP contribution in [0.4, 0.5) is 10.1 Å². The van der Waals surface area contributed by atoms with Crippen LogP contribution in [0.2, 0.25) is 0 Å². The third kappa shape index (κ3) is 6.55. The summed E-state index contributed by atoms with van der Waals surface area (Å²) in [4.78, 5) is 23.8. The van der Waals surface area contributed by atoms with Gasteiger partial charge in [-0.15, -0.1) is 0 Å². The molecule has 0 heterocycles. The lowest BCUT2D eigenvalue weighted by atomic mass is 10.2. The number of hydrogen-bond donors (Lipinski definition) is 2. The molecule has 0 radical (unpaired) electrons. The van der Waals surface area contributed by atoms with E-state index in [4.69, 9.17) is 4.74 Å². The quantitative estimate of drug-likeness (QED) is 0.706. The number of anilines is 1. The summed E-state index contributed by atoms with van der Waals surface area (Å²) in [5, 5.41) is 5.50. The highest BCUT2D eigenvalue weighted by molar-refractivity contribution is 5.94. The van der Waals surface area contributed by atoms with Crippen LogP contribution in [0.15, 0.2) is 48.5 Å². The summed E-state index contributed by atoms with van der Waals surface area (Å²) in [5.74, 6) is -0.0479. The predicted octanol–water partition coefficient (Wildman–Crippen LogP) is 3.76. The lowest BCUT2D eigenvalue weighted by Gasteiger charge is -2.10. The highest BCUT2D eigenvalue weighted by Gasteiger charge is 2.07. The van der Waals surface area contributed by atoms with Crippen LogP contribution in [0.25, 0.3) is 0 Å². The summed E-state index contributed by atoms with van der Waals surface area (Å²) >= 11 is 0. The average Bonchev–Trinajstić information content (AvgIpc) is 2.60. The zero-order valence-electron chi connectivity index (χ0n) is 14.9. The van der Waals surface area contributed by atoms with Crippen molar-refractivity contribution in [2.75, 3.05) is 11.9 Å². The molecule has 0 aromatic heterocycles. The molecule has 0 fully saturated rings. The predicted molar refractivity (Wildman–Crippen MR) is 98.8 cm³/mol. The van der Waals surface area contributed by atoms with Crippen LogP contribution in [-0.2, 0) is 4.79 Å². The lowest BCUT2D eigenvalue weighted by molar-refractivity contribution is -0.116.